The third kappa shape index (κ3) is 3.23. The van der Waals surface area contributed by atoms with Crippen LogP contribution in [-0.4, -0.2) is 30.7 Å². The number of cyclic esters (lactones) is 1. The maximum atomic E-state index is 11.7. The molecule has 1 rings (SSSR count). The molecule has 80 valence electrons. The van der Waals surface area contributed by atoms with Crippen molar-refractivity contribution < 1.29 is 27.5 Å². The van der Waals surface area contributed by atoms with Crippen LogP contribution in [0, 0.1) is 0 Å². The Hall–Kier alpha value is -1.27. The molecule has 7 heteroatoms. The molecule has 1 N–H and O–H groups in total. The van der Waals surface area contributed by atoms with Gasteiger partial charge < -0.3 is 10.1 Å². The van der Waals surface area contributed by atoms with Crippen molar-refractivity contribution in [2.75, 3.05) is 6.61 Å². The molecule has 1 atom stereocenters. The molecule has 0 spiro atoms. The van der Waals surface area contributed by atoms with Gasteiger partial charge in [0.2, 0.25) is 5.91 Å². The van der Waals surface area contributed by atoms with Gasteiger partial charge >= 0.3 is 12.1 Å². The molecule has 1 fully saturated rings. The average Bonchev–Trinajstić information content (AvgIpc) is 2.32. The maximum Gasteiger partial charge on any atom is 0.397 e. The summed E-state index contributed by atoms with van der Waals surface area (Å²) in [5, 5.41) is 1.95. The van der Waals surface area contributed by atoms with Gasteiger partial charge in [-0.25, -0.2) is 4.79 Å². The zero-order valence-corrected chi connectivity index (χ0v) is 7.06. The SMILES string of the molecule is O=C(CC(F)(F)F)N[C@H]1CCOC1=O. The molecule has 0 aromatic heterocycles. The van der Waals surface area contributed by atoms with Gasteiger partial charge in [0.25, 0.3) is 0 Å². The molecule has 1 saturated heterocycles. The molecule has 1 heterocycles. The van der Waals surface area contributed by atoms with Gasteiger partial charge in [0, 0.05) is 6.42 Å². The minimum Gasteiger partial charge on any atom is -0.464 e. The molecular weight excluding hydrogens is 203 g/mol. The molecule has 0 radical (unpaired) electrons. The van der Waals surface area contributed by atoms with Crippen LogP contribution in [0.15, 0.2) is 0 Å². The Morgan fingerprint density at radius 1 is 1.57 bits per heavy atom. The number of alkyl halides is 3. The fraction of sp³-hybridized carbons (Fsp3) is 0.714. The molecule has 0 aromatic carbocycles. The third-order valence-electron chi connectivity index (χ3n) is 1.63. The summed E-state index contributed by atoms with van der Waals surface area (Å²) in [5.41, 5.74) is 0. The van der Waals surface area contributed by atoms with Crippen molar-refractivity contribution in [3.8, 4) is 0 Å². The van der Waals surface area contributed by atoms with Crippen LogP contribution in [0.4, 0.5) is 13.2 Å². The summed E-state index contributed by atoms with van der Waals surface area (Å²) >= 11 is 0. The zero-order valence-electron chi connectivity index (χ0n) is 7.06. The molecule has 1 aliphatic rings. The fourth-order valence-corrected chi connectivity index (χ4v) is 1.05. The maximum absolute atomic E-state index is 11.7. The lowest BCUT2D eigenvalue weighted by Crippen LogP contribution is -2.39. The standard InChI is InChI=1S/C7H8F3NO3/c8-7(9,10)3-5(12)11-4-1-2-14-6(4)13/h4H,1-3H2,(H,11,12)/t4-/m0/s1. The van der Waals surface area contributed by atoms with Crippen LogP contribution >= 0.6 is 0 Å². The summed E-state index contributed by atoms with van der Waals surface area (Å²) in [6.07, 6.45) is -5.90. The largest absolute Gasteiger partial charge is 0.464 e. The van der Waals surface area contributed by atoms with Crippen LogP contribution in [0.5, 0.6) is 0 Å². The second-order valence-corrected chi connectivity index (χ2v) is 2.87. The second kappa shape index (κ2) is 3.85. The van der Waals surface area contributed by atoms with Crippen LogP contribution in [0.1, 0.15) is 12.8 Å². The molecule has 0 saturated carbocycles. The van der Waals surface area contributed by atoms with Crippen LogP contribution in [0.25, 0.3) is 0 Å². The molecule has 4 nitrogen and oxygen atoms in total. The van der Waals surface area contributed by atoms with Gasteiger partial charge in [-0.3, -0.25) is 4.79 Å². The summed E-state index contributed by atoms with van der Waals surface area (Å²) in [6, 6.07) is -0.926. The highest BCUT2D eigenvalue weighted by atomic mass is 19.4. The molecule has 0 bridgehead atoms. The van der Waals surface area contributed by atoms with E-state index in [1.807, 2.05) is 5.32 Å². The highest BCUT2D eigenvalue weighted by molar-refractivity contribution is 5.85. The van der Waals surface area contributed by atoms with Gasteiger partial charge in [-0.2, -0.15) is 13.2 Å². The van der Waals surface area contributed by atoms with Crippen LogP contribution in [-0.2, 0) is 14.3 Å². The molecule has 0 unspecified atom stereocenters. The Bertz CT molecular complexity index is 251. The lowest BCUT2D eigenvalue weighted by Gasteiger charge is -2.10. The summed E-state index contributed by atoms with van der Waals surface area (Å²) in [4.78, 5) is 21.5. The third-order valence-corrected chi connectivity index (χ3v) is 1.63. The Labute approximate surface area is 77.4 Å². The summed E-state index contributed by atoms with van der Waals surface area (Å²) < 4.78 is 39.6. The van der Waals surface area contributed by atoms with E-state index in [9.17, 15) is 22.8 Å². The number of hydrogen-bond donors (Lipinski definition) is 1. The van der Waals surface area contributed by atoms with E-state index in [2.05, 4.69) is 4.74 Å². The molecule has 14 heavy (non-hydrogen) atoms. The lowest BCUT2D eigenvalue weighted by molar-refractivity contribution is -0.156. The lowest BCUT2D eigenvalue weighted by atomic mass is 10.2. The van der Waals surface area contributed by atoms with Crippen molar-refractivity contribution in [2.45, 2.75) is 25.1 Å². The summed E-state index contributed by atoms with van der Waals surface area (Å²) in [6.45, 7) is 0.135. The fourth-order valence-electron chi connectivity index (χ4n) is 1.05. The highest BCUT2D eigenvalue weighted by Gasteiger charge is 2.34. The van der Waals surface area contributed by atoms with E-state index in [0.29, 0.717) is 0 Å². The normalized spacial score (nSPS) is 21.9. The van der Waals surface area contributed by atoms with Gasteiger partial charge in [-0.1, -0.05) is 0 Å². The van der Waals surface area contributed by atoms with Gasteiger partial charge in [0.05, 0.1) is 6.61 Å². The molecule has 0 aliphatic carbocycles. The first-order valence-electron chi connectivity index (χ1n) is 3.91. The molecule has 1 amide bonds. The number of esters is 1. The monoisotopic (exact) mass is 211 g/mol. The average molecular weight is 211 g/mol. The van der Waals surface area contributed by atoms with Crippen molar-refractivity contribution >= 4 is 11.9 Å². The number of nitrogens with one attached hydrogen (secondary N) is 1. The highest BCUT2D eigenvalue weighted by Crippen LogP contribution is 2.19. The number of carbonyl (C=O) groups is 2. The first kappa shape index (κ1) is 10.8. The molecular formula is C7H8F3NO3. The zero-order chi connectivity index (χ0) is 10.8. The van der Waals surface area contributed by atoms with E-state index in [1.165, 1.54) is 0 Å². The van der Waals surface area contributed by atoms with Gasteiger partial charge in [0.15, 0.2) is 0 Å². The first-order valence-corrected chi connectivity index (χ1v) is 3.91. The number of ether oxygens (including phenoxy) is 1. The first-order chi connectivity index (χ1) is 6.38. The second-order valence-electron chi connectivity index (χ2n) is 2.87. The van der Waals surface area contributed by atoms with Crippen molar-refractivity contribution in [1.82, 2.24) is 5.32 Å². The van der Waals surface area contributed by atoms with Crippen LogP contribution in [0.3, 0.4) is 0 Å². The number of carbonyl (C=O) groups excluding carboxylic acids is 2. The minimum absolute atomic E-state index is 0.135. The number of halogens is 3. The Morgan fingerprint density at radius 3 is 2.64 bits per heavy atom. The van der Waals surface area contributed by atoms with E-state index in [4.69, 9.17) is 0 Å². The van der Waals surface area contributed by atoms with E-state index < -0.39 is 30.5 Å². The predicted molar refractivity (Wildman–Crippen MR) is 38.2 cm³/mol. The van der Waals surface area contributed by atoms with Crippen molar-refractivity contribution in [3.05, 3.63) is 0 Å². The van der Waals surface area contributed by atoms with E-state index in [1.54, 1.807) is 0 Å². The van der Waals surface area contributed by atoms with Crippen molar-refractivity contribution in [3.63, 3.8) is 0 Å². The van der Waals surface area contributed by atoms with E-state index in [-0.39, 0.29) is 13.0 Å². The Balaban J connectivity index is 2.37. The van der Waals surface area contributed by atoms with E-state index >= 15 is 0 Å². The summed E-state index contributed by atoms with van der Waals surface area (Å²) in [7, 11) is 0. The van der Waals surface area contributed by atoms with Crippen molar-refractivity contribution in [1.29, 1.82) is 0 Å². The Morgan fingerprint density at radius 2 is 2.21 bits per heavy atom. The number of amides is 1. The smallest absolute Gasteiger partial charge is 0.397 e. The summed E-state index contributed by atoms with van der Waals surface area (Å²) in [5.74, 6) is -1.89. The minimum atomic E-state index is -4.55. The Kier molecular flexibility index (Phi) is 2.97. The molecule has 0 aromatic rings. The molecule has 1 aliphatic heterocycles. The van der Waals surface area contributed by atoms with E-state index in [0.717, 1.165) is 0 Å². The predicted octanol–water partition coefficient (Wildman–Crippen LogP) is 0.371. The van der Waals surface area contributed by atoms with Gasteiger partial charge in [-0.05, 0) is 0 Å². The van der Waals surface area contributed by atoms with Gasteiger partial charge in [0.1, 0.15) is 12.5 Å². The number of rotatable bonds is 2. The van der Waals surface area contributed by atoms with Crippen LogP contribution < -0.4 is 5.32 Å². The topological polar surface area (TPSA) is 55.4 Å². The van der Waals surface area contributed by atoms with Crippen LogP contribution in [0.2, 0.25) is 0 Å². The van der Waals surface area contributed by atoms with Gasteiger partial charge in [-0.15, -0.1) is 0 Å². The quantitative estimate of drug-likeness (QED) is 0.671. The van der Waals surface area contributed by atoms with Crippen molar-refractivity contribution in [2.24, 2.45) is 0 Å². The number of hydrogen-bond acceptors (Lipinski definition) is 3.